The maximum atomic E-state index is 11.1. The van der Waals surface area contributed by atoms with E-state index >= 15 is 0 Å². The normalized spacial score (nSPS) is 20.5. The van der Waals surface area contributed by atoms with Crippen molar-refractivity contribution in [1.29, 1.82) is 0 Å². The smallest absolute Gasteiger partial charge is 0.261 e. The highest BCUT2D eigenvalue weighted by Gasteiger charge is 2.31. The number of anilines is 1. The third kappa shape index (κ3) is 3.54. The van der Waals surface area contributed by atoms with Crippen LogP contribution in [0.4, 0.5) is 5.13 Å². The van der Waals surface area contributed by atoms with E-state index in [2.05, 4.69) is 32.1 Å². The lowest BCUT2D eigenvalue weighted by atomic mass is 10.2. The Labute approximate surface area is 154 Å². The second-order valence-electron chi connectivity index (χ2n) is 6.38. The van der Waals surface area contributed by atoms with Gasteiger partial charge in [-0.2, -0.15) is 4.98 Å². The van der Waals surface area contributed by atoms with E-state index in [0.29, 0.717) is 22.6 Å². The zero-order chi connectivity index (χ0) is 18.1. The van der Waals surface area contributed by atoms with Crippen molar-refractivity contribution in [2.75, 3.05) is 11.9 Å². The van der Waals surface area contributed by atoms with Crippen LogP contribution in [-0.2, 0) is 11.3 Å². The molecule has 0 saturated carbocycles. The minimum atomic E-state index is -0.108. The van der Waals surface area contributed by atoms with Crippen LogP contribution in [0.25, 0.3) is 11.1 Å². The minimum absolute atomic E-state index is 0.0379. The Balaban J connectivity index is 1.40. The van der Waals surface area contributed by atoms with Gasteiger partial charge >= 0.3 is 0 Å². The number of nitrogens with one attached hydrogen (secondary N) is 1. The molecule has 0 radical (unpaired) electrons. The summed E-state index contributed by atoms with van der Waals surface area (Å²) < 4.78 is 11.5. The van der Waals surface area contributed by atoms with Crippen LogP contribution >= 0.6 is 11.3 Å². The molecule has 9 heteroatoms. The number of thiazole rings is 1. The van der Waals surface area contributed by atoms with Gasteiger partial charge in [0.25, 0.3) is 5.88 Å². The van der Waals surface area contributed by atoms with Crippen LogP contribution in [0.3, 0.4) is 0 Å². The first-order chi connectivity index (χ1) is 12.6. The fourth-order valence-electron chi connectivity index (χ4n) is 3.15. The molecule has 136 valence electrons. The first kappa shape index (κ1) is 16.9. The van der Waals surface area contributed by atoms with Crippen LogP contribution in [-0.4, -0.2) is 44.4 Å². The Morgan fingerprint density at radius 1 is 1.46 bits per heavy atom. The highest BCUT2D eigenvalue weighted by Crippen LogP contribution is 2.29. The zero-order valence-corrected chi connectivity index (χ0v) is 15.3. The molecular formula is C17H19N5O3S. The molecule has 0 bridgehead atoms. The van der Waals surface area contributed by atoms with Crippen LogP contribution < -0.4 is 10.1 Å². The Morgan fingerprint density at radius 3 is 3.19 bits per heavy atom. The highest BCUT2D eigenvalue weighted by molar-refractivity contribution is 7.15. The van der Waals surface area contributed by atoms with Crippen LogP contribution in [0.5, 0.6) is 5.88 Å². The molecule has 8 nitrogen and oxygen atoms in total. The van der Waals surface area contributed by atoms with Crippen LogP contribution in [0.2, 0.25) is 0 Å². The summed E-state index contributed by atoms with van der Waals surface area (Å²) >= 11 is 1.50. The molecule has 1 aliphatic rings. The molecular weight excluding hydrogens is 354 g/mol. The maximum Gasteiger partial charge on any atom is 0.261 e. The van der Waals surface area contributed by atoms with Gasteiger partial charge in [-0.1, -0.05) is 0 Å². The molecule has 0 aromatic carbocycles. The van der Waals surface area contributed by atoms with E-state index < -0.39 is 0 Å². The average Bonchev–Trinajstić information content (AvgIpc) is 3.29. The summed E-state index contributed by atoms with van der Waals surface area (Å²) in [7, 11) is 0. The number of hydrogen-bond donors (Lipinski definition) is 1. The van der Waals surface area contributed by atoms with Crippen molar-refractivity contribution >= 4 is 33.5 Å². The molecule has 26 heavy (non-hydrogen) atoms. The summed E-state index contributed by atoms with van der Waals surface area (Å²) in [5, 5.41) is 3.35. The van der Waals surface area contributed by atoms with E-state index in [0.717, 1.165) is 29.9 Å². The van der Waals surface area contributed by atoms with Gasteiger partial charge in [0.15, 0.2) is 5.13 Å². The number of ether oxygens (including phenoxy) is 1. The summed E-state index contributed by atoms with van der Waals surface area (Å²) in [6.07, 6.45) is 5.84. The monoisotopic (exact) mass is 373 g/mol. The molecule has 1 fully saturated rings. The average molecular weight is 373 g/mol. The van der Waals surface area contributed by atoms with Gasteiger partial charge in [-0.05, 0) is 6.92 Å². The molecule has 3 aromatic rings. The number of carbonyl (C=O) groups excluding carboxylic acids is 1. The van der Waals surface area contributed by atoms with Crippen LogP contribution in [0.1, 0.15) is 25.1 Å². The quantitative estimate of drug-likeness (QED) is 0.735. The SMILES string of the molecule is CC(=O)Nc1ncc(CN2C[C@H](Oc3ncnc4ccoc34)C[C@@H]2C)s1. The first-order valence-electron chi connectivity index (χ1n) is 8.39. The fourth-order valence-corrected chi connectivity index (χ4v) is 4.03. The number of hydrogen-bond acceptors (Lipinski definition) is 8. The summed E-state index contributed by atoms with van der Waals surface area (Å²) in [5.41, 5.74) is 1.33. The van der Waals surface area contributed by atoms with Crippen molar-refractivity contribution in [2.45, 2.75) is 39.0 Å². The number of likely N-dealkylation sites (tertiary alicyclic amines) is 1. The van der Waals surface area contributed by atoms with Crippen molar-refractivity contribution in [2.24, 2.45) is 0 Å². The largest absolute Gasteiger partial charge is 0.470 e. The van der Waals surface area contributed by atoms with Crippen molar-refractivity contribution in [3.63, 3.8) is 0 Å². The second-order valence-corrected chi connectivity index (χ2v) is 7.50. The number of carbonyl (C=O) groups is 1. The van der Waals surface area contributed by atoms with Gasteiger partial charge in [-0.25, -0.2) is 9.97 Å². The molecule has 1 N–H and O–H groups in total. The molecule has 1 saturated heterocycles. The second kappa shape index (κ2) is 7.00. The molecule has 4 rings (SSSR count). The Bertz CT molecular complexity index is 924. The highest BCUT2D eigenvalue weighted by atomic mass is 32.1. The van der Waals surface area contributed by atoms with Gasteiger partial charge < -0.3 is 14.5 Å². The minimum Gasteiger partial charge on any atom is -0.470 e. The van der Waals surface area contributed by atoms with Gasteiger partial charge in [-0.3, -0.25) is 9.69 Å². The molecule has 1 amide bonds. The number of fused-ring (bicyclic) bond motifs is 1. The molecule has 3 aromatic heterocycles. The van der Waals surface area contributed by atoms with E-state index in [1.54, 1.807) is 12.3 Å². The van der Waals surface area contributed by atoms with Gasteiger partial charge in [-0.15, -0.1) is 11.3 Å². The van der Waals surface area contributed by atoms with E-state index in [4.69, 9.17) is 9.15 Å². The number of aromatic nitrogens is 3. The molecule has 4 heterocycles. The summed E-state index contributed by atoms with van der Waals surface area (Å²) in [6.45, 7) is 5.23. The molecule has 0 unspecified atom stereocenters. The summed E-state index contributed by atoms with van der Waals surface area (Å²) in [6, 6.07) is 2.17. The van der Waals surface area contributed by atoms with Gasteiger partial charge in [0.2, 0.25) is 11.5 Å². The Morgan fingerprint density at radius 2 is 2.35 bits per heavy atom. The van der Waals surface area contributed by atoms with Crippen molar-refractivity contribution < 1.29 is 13.9 Å². The van der Waals surface area contributed by atoms with Gasteiger partial charge in [0.1, 0.15) is 17.9 Å². The number of rotatable bonds is 5. The first-order valence-corrected chi connectivity index (χ1v) is 9.21. The summed E-state index contributed by atoms with van der Waals surface area (Å²) in [4.78, 5) is 27.2. The van der Waals surface area contributed by atoms with E-state index in [9.17, 15) is 4.79 Å². The zero-order valence-electron chi connectivity index (χ0n) is 14.5. The predicted molar refractivity (Wildman–Crippen MR) is 97.1 cm³/mol. The van der Waals surface area contributed by atoms with E-state index in [-0.39, 0.29) is 12.0 Å². The van der Waals surface area contributed by atoms with E-state index in [1.807, 2.05) is 6.20 Å². The Kier molecular flexibility index (Phi) is 4.56. The number of furan rings is 1. The number of nitrogens with zero attached hydrogens (tertiary/aromatic N) is 4. The molecule has 1 aliphatic heterocycles. The van der Waals surface area contributed by atoms with Gasteiger partial charge in [0.05, 0.1) is 6.26 Å². The fraction of sp³-hybridized carbons (Fsp3) is 0.412. The maximum absolute atomic E-state index is 11.1. The standard InChI is InChI=1S/C17H19N5O3S/c1-10-5-12(25-16-15-14(3-4-24-15)19-9-20-16)7-22(10)8-13-6-18-17(26-13)21-11(2)23/h3-4,6,9-10,12H,5,7-8H2,1-2H3,(H,18,21,23)/t10-,12+/m0/s1. The number of amides is 1. The predicted octanol–water partition coefficient (Wildman–Crippen LogP) is 2.68. The third-order valence-corrected chi connectivity index (χ3v) is 5.25. The van der Waals surface area contributed by atoms with Crippen molar-refractivity contribution in [3.05, 3.63) is 29.7 Å². The van der Waals surface area contributed by atoms with Crippen LogP contribution in [0.15, 0.2) is 29.3 Å². The van der Waals surface area contributed by atoms with Gasteiger partial charge in [0, 0.05) is 49.6 Å². The summed E-state index contributed by atoms with van der Waals surface area (Å²) in [5.74, 6) is 0.382. The molecule has 0 spiro atoms. The van der Waals surface area contributed by atoms with Crippen molar-refractivity contribution in [3.8, 4) is 5.88 Å². The third-order valence-electron chi connectivity index (χ3n) is 4.35. The lowest BCUT2D eigenvalue weighted by Gasteiger charge is -2.19. The van der Waals surface area contributed by atoms with Crippen molar-refractivity contribution in [1.82, 2.24) is 19.9 Å². The topological polar surface area (TPSA) is 93.4 Å². The lowest BCUT2D eigenvalue weighted by molar-refractivity contribution is -0.114. The van der Waals surface area contributed by atoms with Crippen LogP contribution in [0, 0.1) is 0 Å². The molecule has 0 aliphatic carbocycles. The lowest BCUT2D eigenvalue weighted by Crippen LogP contribution is -2.27. The molecule has 2 atom stereocenters. The Hall–Kier alpha value is -2.52. The van der Waals surface area contributed by atoms with E-state index in [1.165, 1.54) is 24.6 Å².